The molecular weight excluding hydrogens is 267 g/mol. The van der Waals surface area contributed by atoms with Gasteiger partial charge in [0.1, 0.15) is 12.0 Å². The van der Waals surface area contributed by atoms with E-state index in [4.69, 9.17) is 10.2 Å². The van der Waals surface area contributed by atoms with Gasteiger partial charge < -0.3 is 10.2 Å². The Balaban J connectivity index is 2.32. The second-order valence-electron chi connectivity index (χ2n) is 3.46. The SMILES string of the molecule is Cc1coc(Sc2cc(C(F)(F)F)ncc2N)n1. The van der Waals surface area contributed by atoms with Crippen molar-refractivity contribution in [2.45, 2.75) is 23.2 Å². The van der Waals surface area contributed by atoms with E-state index in [1.165, 1.54) is 6.26 Å². The van der Waals surface area contributed by atoms with Crippen LogP contribution < -0.4 is 5.73 Å². The van der Waals surface area contributed by atoms with E-state index in [0.717, 1.165) is 24.0 Å². The van der Waals surface area contributed by atoms with Crippen molar-refractivity contribution in [3.63, 3.8) is 0 Å². The summed E-state index contributed by atoms with van der Waals surface area (Å²) >= 11 is 0.923. The minimum absolute atomic E-state index is 0.142. The highest BCUT2D eigenvalue weighted by molar-refractivity contribution is 7.99. The lowest BCUT2D eigenvalue weighted by atomic mass is 10.3. The van der Waals surface area contributed by atoms with Crippen LogP contribution in [-0.4, -0.2) is 9.97 Å². The van der Waals surface area contributed by atoms with Crippen molar-refractivity contribution < 1.29 is 17.6 Å². The summed E-state index contributed by atoms with van der Waals surface area (Å²) in [6.07, 6.45) is -2.12. The number of hydrogen-bond acceptors (Lipinski definition) is 5. The number of aromatic nitrogens is 2. The molecule has 0 radical (unpaired) electrons. The lowest BCUT2D eigenvalue weighted by Crippen LogP contribution is -2.08. The second-order valence-corrected chi connectivity index (χ2v) is 4.46. The fraction of sp³-hybridized carbons (Fsp3) is 0.200. The molecule has 0 fully saturated rings. The Morgan fingerprint density at radius 3 is 2.67 bits per heavy atom. The number of nitrogen functional groups attached to an aromatic ring is 1. The molecule has 4 nitrogen and oxygen atoms in total. The van der Waals surface area contributed by atoms with Crippen LogP contribution in [0.1, 0.15) is 11.4 Å². The molecule has 96 valence electrons. The van der Waals surface area contributed by atoms with Gasteiger partial charge in [0.25, 0.3) is 5.22 Å². The zero-order valence-corrected chi connectivity index (χ0v) is 9.97. The lowest BCUT2D eigenvalue weighted by Gasteiger charge is -2.08. The van der Waals surface area contributed by atoms with E-state index in [1.54, 1.807) is 6.92 Å². The first-order valence-electron chi connectivity index (χ1n) is 4.79. The van der Waals surface area contributed by atoms with Crippen LogP contribution in [0.3, 0.4) is 0 Å². The Kier molecular flexibility index (Phi) is 3.20. The molecule has 2 heterocycles. The average molecular weight is 275 g/mol. The molecule has 0 bridgehead atoms. The van der Waals surface area contributed by atoms with Crippen LogP contribution in [0.25, 0.3) is 0 Å². The van der Waals surface area contributed by atoms with Crippen molar-refractivity contribution in [2.75, 3.05) is 5.73 Å². The van der Waals surface area contributed by atoms with Gasteiger partial charge in [-0.1, -0.05) is 0 Å². The van der Waals surface area contributed by atoms with E-state index in [9.17, 15) is 13.2 Å². The van der Waals surface area contributed by atoms with Crippen molar-refractivity contribution in [3.05, 3.63) is 29.9 Å². The van der Waals surface area contributed by atoms with Gasteiger partial charge in [-0.3, -0.25) is 0 Å². The molecule has 0 aliphatic heterocycles. The normalized spacial score (nSPS) is 11.8. The number of halogens is 3. The van der Waals surface area contributed by atoms with Crippen molar-refractivity contribution >= 4 is 17.4 Å². The molecule has 0 spiro atoms. The Hall–Kier alpha value is -1.70. The molecule has 18 heavy (non-hydrogen) atoms. The van der Waals surface area contributed by atoms with Gasteiger partial charge in [0.05, 0.1) is 17.6 Å². The monoisotopic (exact) mass is 275 g/mol. The van der Waals surface area contributed by atoms with Crippen LogP contribution in [0.4, 0.5) is 18.9 Å². The summed E-state index contributed by atoms with van der Waals surface area (Å²) in [6.45, 7) is 1.71. The molecule has 0 unspecified atom stereocenters. The van der Waals surface area contributed by atoms with E-state index < -0.39 is 11.9 Å². The summed E-state index contributed by atoms with van der Waals surface area (Å²) in [5.74, 6) is 0. The largest absolute Gasteiger partial charge is 0.439 e. The summed E-state index contributed by atoms with van der Waals surface area (Å²) in [5.41, 5.74) is 5.35. The third-order valence-electron chi connectivity index (χ3n) is 1.98. The minimum atomic E-state index is -4.50. The molecular formula is C10H8F3N3OS. The molecule has 0 aliphatic rings. The Bertz CT molecular complexity index is 568. The maximum absolute atomic E-state index is 12.5. The summed E-state index contributed by atoms with van der Waals surface area (Å²) in [6, 6.07) is 0.875. The number of rotatable bonds is 2. The van der Waals surface area contributed by atoms with E-state index in [-0.39, 0.29) is 15.8 Å². The van der Waals surface area contributed by atoms with Gasteiger partial charge in [-0.25, -0.2) is 9.97 Å². The highest BCUT2D eigenvalue weighted by Gasteiger charge is 2.33. The molecule has 0 aromatic carbocycles. The van der Waals surface area contributed by atoms with E-state index >= 15 is 0 Å². The maximum Gasteiger partial charge on any atom is 0.433 e. The number of nitrogens with zero attached hydrogens (tertiary/aromatic N) is 2. The topological polar surface area (TPSA) is 64.9 Å². The Morgan fingerprint density at radius 2 is 2.11 bits per heavy atom. The molecule has 2 rings (SSSR count). The highest BCUT2D eigenvalue weighted by atomic mass is 32.2. The van der Waals surface area contributed by atoms with Crippen LogP contribution in [-0.2, 0) is 6.18 Å². The quantitative estimate of drug-likeness (QED) is 0.912. The number of anilines is 1. The standard InChI is InChI=1S/C10H8F3N3OS/c1-5-4-17-9(16-5)18-7-2-8(10(11,12)13)15-3-6(7)14/h2-4H,14H2,1H3. The second kappa shape index (κ2) is 4.52. The van der Waals surface area contributed by atoms with Crippen molar-refractivity contribution in [1.82, 2.24) is 9.97 Å². The highest BCUT2D eigenvalue weighted by Crippen LogP contribution is 2.35. The molecule has 8 heteroatoms. The molecule has 2 aromatic rings. The van der Waals surface area contributed by atoms with E-state index in [0.29, 0.717) is 5.69 Å². The summed E-state index contributed by atoms with van der Waals surface area (Å²) in [4.78, 5) is 7.43. The average Bonchev–Trinajstić information content (AvgIpc) is 2.66. The smallest absolute Gasteiger partial charge is 0.433 e. The summed E-state index contributed by atoms with van der Waals surface area (Å²) in [7, 11) is 0. The zero-order chi connectivity index (χ0) is 13.3. The molecule has 0 amide bonds. The van der Waals surface area contributed by atoms with Gasteiger partial charge in [0.15, 0.2) is 0 Å². The van der Waals surface area contributed by atoms with Crippen LogP contribution in [0.15, 0.2) is 33.1 Å². The number of nitrogens with two attached hydrogens (primary N) is 1. The van der Waals surface area contributed by atoms with E-state index in [2.05, 4.69) is 9.97 Å². The maximum atomic E-state index is 12.5. The molecule has 2 N–H and O–H groups in total. The first-order valence-corrected chi connectivity index (χ1v) is 5.60. The first-order chi connectivity index (χ1) is 8.36. The summed E-state index contributed by atoms with van der Waals surface area (Å²) in [5, 5.41) is 0.235. The summed E-state index contributed by atoms with van der Waals surface area (Å²) < 4.78 is 42.5. The molecule has 0 saturated heterocycles. The third kappa shape index (κ3) is 2.76. The third-order valence-corrected chi connectivity index (χ3v) is 2.92. The predicted molar refractivity (Wildman–Crippen MR) is 59.0 cm³/mol. The van der Waals surface area contributed by atoms with Gasteiger partial charge in [0.2, 0.25) is 0 Å². The van der Waals surface area contributed by atoms with Gasteiger partial charge in [0, 0.05) is 4.90 Å². The Labute approximate surface area is 104 Å². The molecule has 0 aliphatic carbocycles. The number of pyridine rings is 1. The lowest BCUT2D eigenvalue weighted by molar-refractivity contribution is -0.141. The number of aryl methyl sites for hydroxylation is 1. The van der Waals surface area contributed by atoms with Crippen molar-refractivity contribution in [2.24, 2.45) is 0 Å². The van der Waals surface area contributed by atoms with Crippen molar-refractivity contribution in [1.29, 1.82) is 0 Å². The fourth-order valence-corrected chi connectivity index (χ4v) is 1.98. The van der Waals surface area contributed by atoms with E-state index in [1.807, 2.05) is 0 Å². The van der Waals surface area contributed by atoms with Crippen LogP contribution in [0.5, 0.6) is 0 Å². The van der Waals surface area contributed by atoms with Crippen LogP contribution in [0, 0.1) is 6.92 Å². The molecule has 0 saturated carbocycles. The van der Waals surface area contributed by atoms with Crippen LogP contribution >= 0.6 is 11.8 Å². The number of hydrogen-bond donors (Lipinski definition) is 1. The fourth-order valence-electron chi connectivity index (χ4n) is 1.16. The number of alkyl halides is 3. The van der Waals surface area contributed by atoms with Crippen molar-refractivity contribution in [3.8, 4) is 0 Å². The number of oxazole rings is 1. The van der Waals surface area contributed by atoms with Gasteiger partial charge in [-0.15, -0.1) is 0 Å². The van der Waals surface area contributed by atoms with Gasteiger partial charge in [-0.05, 0) is 24.8 Å². The van der Waals surface area contributed by atoms with Gasteiger partial charge >= 0.3 is 6.18 Å². The molecule has 0 atom stereocenters. The van der Waals surface area contributed by atoms with Gasteiger partial charge in [-0.2, -0.15) is 13.2 Å². The van der Waals surface area contributed by atoms with Crippen LogP contribution in [0.2, 0.25) is 0 Å². The predicted octanol–water partition coefficient (Wildman–Crippen LogP) is 3.13. The Morgan fingerprint density at radius 1 is 1.39 bits per heavy atom. The first kappa shape index (κ1) is 12.7. The molecule has 2 aromatic heterocycles. The zero-order valence-electron chi connectivity index (χ0n) is 9.15. The minimum Gasteiger partial charge on any atom is -0.439 e.